The van der Waals surface area contributed by atoms with E-state index in [1.807, 2.05) is 13.0 Å². The minimum atomic E-state index is -0.132. The molecule has 0 unspecified atom stereocenters. The van der Waals surface area contributed by atoms with Gasteiger partial charge in [0.2, 0.25) is 0 Å². The van der Waals surface area contributed by atoms with Gasteiger partial charge in [0.1, 0.15) is 5.69 Å². The SMILES string of the molecule is CCNC(=O)c1cc(NCC2=CCNCC2)ccn1. The zero-order valence-electron chi connectivity index (χ0n) is 11.2. The number of rotatable bonds is 5. The van der Waals surface area contributed by atoms with Crippen molar-refractivity contribution in [1.29, 1.82) is 0 Å². The molecule has 0 saturated heterocycles. The average molecular weight is 260 g/mol. The molecule has 0 radical (unpaired) electrons. The van der Waals surface area contributed by atoms with Crippen LogP contribution in [0.15, 0.2) is 30.0 Å². The number of nitrogens with one attached hydrogen (secondary N) is 3. The van der Waals surface area contributed by atoms with E-state index in [2.05, 4.69) is 27.0 Å². The summed E-state index contributed by atoms with van der Waals surface area (Å²) in [4.78, 5) is 15.8. The van der Waals surface area contributed by atoms with Crippen LogP contribution in [-0.4, -0.2) is 37.1 Å². The number of anilines is 1. The van der Waals surface area contributed by atoms with E-state index in [0.717, 1.165) is 31.7 Å². The lowest BCUT2D eigenvalue weighted by atomic mass is 10.1. The van der Waals surface area contributed by atoms with E-state index in [9.17, 15) is 4.79 Å². The fourth-order valence-corrected chi connectivity index (χ4v) is 1.96. The molecular weight excluding hydrogens is 240 g/mol. The van der Waals surface area contributed by atoms with Crippen molar-refractivity contribution in [1.82, 2.24) is 15.6 Å². The Balaban J connectivity index is 1.95. The molecular formula is C14H20N4O. The van der Waals surface area contributed by atoms with Gasteiger partial charge >= 0.3 is 0 Å². The van der Waals surface area contributed by atoms with Crippen molar-refractivity contribution in [3.63, 3.8) is 0 Å². The summed E-state index contributed by atoms with van der Waals surface area (Å²) in [7, 11) is 0. The Bertz CT molecular complexity index is 470. The maximum Gasteiger partial charge on any atom is 0.269 e. The Labute approximate surface area is 113 Å². The third kappa shape index (κ3) is 4.06. The van der Waals surface area contributed by atoms with Crippen LogP contribution in [0.5, 0.6) is 0 Å². The molecule has 5 nitrogen and oxygen atoms in total. The van der Waals surface area contributed by atoms with Gasteiger partial charge in [-0.15, -0.1) is 0 Å². The number of aromatic nitrogens is 1. The Kier molecular flexibility index (Phi) is 4.92. The highest BCUT2D eigenvalue weighted by molar-refractivity contribution is 5.93. The minimum absolute atomic E-state index is 0.132. The Morgan fingerprint density at radius 2 is 2.42 bits per heavy atom. The molecule has 1 amide bonds. The zero-order valence-corrected chi connectivity index (χ0v) is 11.2. The van der Waals surface area contributed by atoms with Gasteiger partial charge in [-0.3, -0.25) is 9.78 Å². The van der Waals surface area contributed by atoms with Gasteiger partial charge in [0, 0.05) is 31.5 Å². The minimum Gasteiger partial charge on any atom is -0.381 e. The fraction of sp³-hybridized carbons (Fsp3) is 0.429. The molecule has 1 aromatic rings. The highest BCUT2D eigenvalue weighted by atomic mass is 16.1. The maximum atomic E-state index is 11.7. The molecule has 1 aliphatic rings. The summed E-state index contributed by atoms with van der Waals surface area (Å²) in [6, 6.07) is 3.66. The molecule has 1 aromatic heterocycles. The summed E-state index contributed by atoms with van der Waals surface area (Å²) in [5.41, 5.74) is 2.77. The molecule has 0 fully saturated rings. The molecule has 0 aromatic carbocycles. The zero-order chi connectivity index (χ0) is 13.5. The van der Waals surface area contributed by atoms with Crippen LogP contribution >= 0.6 is 0 Å². The van der Waals surface area contributed by atoms with Gasteiger partial charge in [0.25, 0.3) is 5.91 Å². The van der Waals surface area contributed by atoms with Crippen molar-refractivity contribution in [2.24, 2.45) is 0 Å². The molecule has 5 heteroatoms. The monoisotopic (exact) mass is 260 g/mol. The Morgan fingerprint density at radius 3 is 3.16 bits per heavy atom. The van der Waals surface area contributed by atoms with Crippen molar-refractivity contribution in [3.8, 4) is 0 Å². The van der Waals surface area contributed by atoms with E-state index < -0.39 is 0 Å². The third-order valence-corrected chi connectivity index (χ3v) is 3.01. The van der Waals surface area contributed by atoms with Gasteiger partial charge in [-0.25, -0.2) is 0 Å². The lowest BCUT2D eigenvalue weighted by Crippen LogP contribution is -2.24. The molecule has 0 saturated carbocycles. The average Bonchev–Trinajstić information content (AvgIpc) is 2.47. The van der Waals surface area contributed by atoms with Crippen LogP contribution in [0.25, 0.3) is 0 Å². The quantitative estimate of drug-likeness (QED) is 0.695. The summed E-state index contributed by atoms with van der Waals surface area (Å²) >= 11 is 0. The van der Waals surface area contributed by atoms with Crippen LogP contribution in [0.1, 0.15) is 23.8 Å². The molecule has 0 atom stereocenters. The summed E-state index contributed by atoms with van der Waals surface area (Å²) in [5, 5.41) is 9.37. The highest BCUT2D eigenvalue weighted by Gasteiger charge is 2.07. The second-order valence-electron chi connectivity index (χ2n) is 4.46. The number of carbonyl (C=O) groups is 1. The van der Waals surface area contributed by atoms with Crippen molar-refractivity contribution in [2.45, 2.75) is 13.3 Å². The second-order valence-corrected chi connectivity index (χ2v) is 4.46. The van der Waals surface area contributed by atoms with E-state index in [4.69, 9.17) is 0 Å². The van der Waals surface area contributed by atoms with Crippen molar-refractivity contribution in [2.75, 3.05) is 31.5 Å². The third-order valence-electron chi connectivity index (χ3n) is 3.01. The molecule has 2 rings (SSSR count). The molecule has 19 heavy (non-hydrogen) atoms. The molecule has 0 aliphatic carbocycles. The molecule has 0 spiro atoms. The van der Waals surface area contributed by atoms with Crippen LogP contribution in [-0.2, 0) is 0 Å². The number of hydrogen-bond acceptors (Lipinski definition) is 4. The summed E-state index contributed by atoms with van der Waals surface area (Å²) in [5.74, 6) is -0.132. The van der Waals surface area contributed by atoms with Crippen LogP contribution in [0.3, 0.4) is 0 Å². The van der Waals surface area contributed by atoms with Gasteiger partial charge in [-0.2, -0.15) is 0 Å². The highest BCUT2D eigenvalue weighted by Crippen LogP contribution is 2.11. The smallest absolute Gasteiger partial charge is 0.269 e. The van der Waals surface area contributed by atoms with E-state index in [1.54, 1.807) is 12.3 Å². The predicted molar refractivity (Wildman–Crippen MR) is 76.3 cm³/mol. The molecule has 1 aliphatic heterocycles. The predicted octanol–water partition coefficient (Wildman–Crippen LogP) is 1.16. The van der Waals surface area contributed by atoms with Gasteiger partial charge < -0.3 is 16.0 Å². The van der Waals surface area contributed by atoms with Gasteiger partial charge in [0.15, 0.2) is 0 Å². The second kappa shape index (κ2) is 6.89. The first-order chi connectivity index (χ1) is 9.29. The molecule has 0 bridgehead atoms. The Hall–Kier alpha value is -1.88. The van der Waals surface area contributed by atoms with Crippen LogP contribution in [0.4, 0.5) is 5.69 Å². The first-order valence-corrected chi connectivity index (χ1v) is 6.66. The number of amides is 1. The molecule has 3 N–H and O–H groups in total. The van der Waals surface area contributed by atoms with E-state index in [1.165, 1.54) is 5.57 Å². The number of hydrogen-bond donors (Lipinski definition) is 3. The van der Waals surface area contributed by atoms with Crippen molar-refractivity contribution >= 4 is 11.6 Å². The van der Waals surface area contributed by atoms with Gasteiger partial charge in [-0.1, -0.05) is 11.6 Å². The van der Waals surface area contributed by atoms with Crippen LogP contribution in [0, 0.1) is 0 Å². The van der Waals surface area contributed by atoms with E-state index in [0.29, 0.717) is 12.2 Å². The summed E-state index contributed by atoms with van der Waals surface area (Å²) in [6.45, 7) is 5.30. The van der Waals surface area contributed by atoms with Crippen LogP contribution < -0.4 is 16.0 Å². The van der Waals surface area contributed by atoms with Gasteiger partial charge in [-0.05, 0) is 32.0 Å². The topological polar surface area (TPSA) is 66.1 Å². The largest absolute Gasteiger partial charge is 0.381 e. The van der Waals surface area contributed by atoms with E-state index >= 15 is 0 Å². The number of pyridine rings is 1. The molecule has 102 valence electrons. The lowest BCUT2D eigenvalue weighted by molar-refractivity contribution is 0.0951. The number of nitrogens with zero attached hydrogens (tertiary/aromatic N) is 1. The van der Waals surface area contributed by atoms with Crippen LogP contribution in [0.2, 0.25) is 0 Å². The Morgan fingerprint density at radius 1 is 1.53 bits per heavy atom. The summed E-state index contributed by atoms with van der Waals surface area (Å²) in [6.07, 6.45) is 4.94. The maximum absolute atomic E-state index is 11.7. The lowest BCUT2D eigenvalue weighted by Gasteiger charge is -2.15. The van der Waals surface area contributed by atoms with Crippen molar-refractivity contribution in [3.05, 3.63) is 35.7 Å². The normalized spacial score (nSPS) is 14.7. The van der Waals surface area contributed by atoms with Gasteiger partial charge in [0.05, 0.1) is 0 Å². The summed E-state index contributed by atoms with van der Waals surface area (Å²) < 4.78 is 0. The van der Waals surface area contributed by atoms with Crippen molar-refractivity contribution < 1.29 is 4.79 Å². The van der Waals surface area contributed by atoms with E-state index in [-0.39, 0.29) is 5.91 Å². The number of carbonyl (C=O) groups excluding carboxylic acids is 1. The first kappa shape index (κ1) is 13.5. The first-order valence-electron chi connectivity index (χ1n) is 6.66. The fourth-order valence-electron chi connectivity index (χ4n) is 1.96. The molecule has 2 heterocycles. The standard InChI is InChI=1S/C14H20N4O/c1-2-16-14(19)13-9-12(5-8-17-13)18-10-11-3-6-15-7-4-11/h3,5,8-9,15H,2,4,6-7,10H2,1H3,(H,16,19)(H,17,18).